The fraction of sp³-hybridized carbons (Fsp3) is 0.571. The van der Waals surface area contributed by atoms with Crippen molar-refractivity contribution >= 4 is 17.6 Å². The second kappa shape index (κ2) is 6.87. The van der Waals surface area contributed by atoms with Gasteiger partial charge in [0.05, 0.1) is 5.02 Å². The van der Waals surface area contributed by atoms with Crippen LogP contribution in [0.4, 0.5) is 0 Å². The molecule has 0 spiro atoms. The number of carboxylic acid groups (broad SMARTS) is 1. The number of hydrogen-bond acceptors (Lipinski definition) is 3. The van der Waals surface area contributed by atoms with E-state index in [2.05, 4.69) is 9.88 Å². The third-order valence-corrected chi connectivity index (χ3v) is 3.96. The minimum absolute atomic E-state index is 0.272. The van der Waals surface area contributed by atoms with Crippen LogP contribution in [-0.4, -0.2) is 34.0 Å². The van der Waals surface area contributed by atoms with Gasteiger partial charge in [-0.2, -0.15) is 0 Å². The standard InChI is InChI=1S/C14H19ClN2O2/c15-13-8-16-6-5-12(13)10-17-7-1-2-11(9-17)3-4-14(18)19/h5-6,8,11H,1-4,7,9-10H2,(H,18,19). The van der Waals surface area contributed by atoms with Crippen molar-refractivity contribution < 1.29 is 9.90 Å². The van der Waals surface area contributed by atoms with Gasteiger partial charge < -0.3 is 5.11 Å². The fourth-order valence-corrected chi connectivity index (χ4v) is 2.81. The summed E-state index contributed by atoms with van der Waals surface area (Å²) >= 11 is 6.12. The Labute approximate surface area is 118 Å². The molecule has 1 fully saturated rings. The zero-order valence-corrected chi connectivity index (χ0v) is 11.6. The molecule has 19 heavy (non-hydrogen) atoms. The molecular formula is C14H19ClN2O2. The van der Waals surface area contributed by atoms with E-state index in [0.29, 0.717) is 10.9 Å². The maximum absolute atomic E-state index is 10.6. The van der Waals surface area contributed by atoms with E-state index < -0.39 is 5.97 Å². The third-order valence-electron chi connectivity index (χ3n) is 3.62. The van der Waals surface area contributed by atoms with E-state index in [-0.39, 0.29) is 6.42 Å². The van der Waals surface area contributed by atoms with Crippen molar-refractivity contribution in [2.24, 2.45) is 5.92 Å². The van der Waals surface area contributed by atoms with Gasteiger partial charge in [0.2, 0.25) is 0 Å². The molecule has 104 valence electrons. The predicted octanol–water partition coefficient (Wildman–Crippen LogP) is 2.81. The number of rotatable bonds is 5. The molecule has 1 N–H and O–H groups in total. The molecule has 1 aliphatic rings. The minimum Gasteiger partial charge on any atom is -0.481 e. The van der Waals surface area contributed by atoms with Gasteiger partial charge in [-0.25, -0.2) is 0 Å². The fourth-order valence-electron chi connectivity index (χ4n) is 2.63. The lowest BCUT2D eigenvalue weighted by Crippen LogP contribution is -2.35. The van der Waals surface area contributed by atoms with Crippen molar-refractivity contribution in [3.8, 4) is 0 Å². The number of carboxylic acids is 1. The van der Waals surface area contributed by atoms with Gasteiger partial charge in [0.25, 0.3) is 0 Å². The first-order chi connectivity index (χ1) is 9.15. The molecule has 1 saturated heterocycles. The zero-order chi connectivity index (χ0) is 13.7. The van der Waals surface area contributed by atoms with E-state index >= 15 is 0 Å². The molecule has 0 amide bonds. The molecule has 2 heterocycles. The van der Waals surface area contributed by atoms with Gasteiger partial charge in [-0.3, -0.25) is 14.7 Å². The zero-order valence-electron chi connectivity index (χ0n) is 10.9. The van der Waals surface area contributed by atoms with Gasteiger partial charge in [-0.1, -0.05) is 11.6 Å². The highest BCUT2D eigenvalue weighted by Gasteiger charge is 2.21. The average molecular weight is 283 g/mol. The van der Waals surface area contributed by atoms with Crippen molar-refractivity contribution in [3.05, 3.63) is 29.0 Å². The van der Waals surface area contributed by atoms with Gasteiger partial charge in [0.1, 0.15) is 0 Å². The molecule has 1 atom stereocenters. The molecule has 5 heteroatoms. The SMILES string of the molecule is O=C(O)CCC1CCCN(Cc2ccncc2Cl)C1. The van der Waals surface area contributed by atoms with Crippen LogP contribution in [0.15, 0.2) is 18.5 Å². The Balaban J connectivity index is 1.87. The molecule has 0 aromatic carbocycles. The normalized spacial score (nSPS) is 20.4. The first-order valence-electron chi connectivity index (χ1n) is 6.67. The molecule has 1 aliphatic heterocycles. The molecule has 1 unspecified atom stereocenters. The van der Waals surface area contributed by atoms with Gasteiger partial charge in [0.15, 0.2) is 0 Å². The highest BCUT2D eigenvalue weighted by molar-refractivity contribution is 6.31. The monoisotopic (exact) mass is 282 g/mol. The van der Waals surface area contributed by atoms with Crippen LogP contribution in [0, 0.1) is 5.92 Å². The Morgan fingerprint density at radius 1 is 1.58 bits per heavy atom. The highest BCUT2D eigenvalue weighted by atomic mass is 35.5. The van der Waals surface area contributed by atoms with Crippen LogP contribution in [0.3, 0.4) is 0 Å². The average Bonchev–Trinajstić information content (AvgIpc) is 2.40. The maximum atomic E-state index is 10.6. The van der Waals surface area contributed by atoms with Crippen LogP contribution in [0.2, 0.25) is 5.02 Å². The van der Waals surface area contributed by atoms with E-state index in [4.69, 9.17) is 16.7 Å². The molecule has 1 aromatic rings. The lowest BCUT2D eigenvalue weighted by molar-refractivity contribution is -0.137. The molecule has 0 bridgehead atoms. The Morgan fingerprint density at radius 2 is 2.42 bits per heavy atom. The molecular weight excluding hydrogens is 264 g/mol. The number of hydrogen-bond donors (Lipinski definition) is 1. The summed E-state index contributed by atoms with van der Waals surface area (Å²) in [5, 5.41) is 9.45. The molecule has 2 rings (SSSR count). The molecule has 4 nitrogen and oxygen atoms in total. The topological polar surface area (TPSA) is 53.4 Å². The van der Waals surface area contributed by atoms with Crippen LogP contribution < -0.4 is 0 Å². The van der Waals surface area contributed by atoms with E-state index in [9.17, 15) is 4.79 Å². The van der Waals surface area contributed by atoms with Crippen molar-refractivity contribution in [1.82, 2.24) is 9.88 Å². The van der Waals surface area contributed by atoms with E-state index in [1.54, 1.807) is 12.4 Å². The van der Waals surface area contributed by atoms with Crippen molar-refractivity contribution in [2.75, 3.05) is 13.1 Å². The number of aromatic nitrogens is 1. The maximum Gasteiger partial charge on any atom is 0.303 e. The summed E-state index contributed by atoms with van der Waals surface area (Å²) in [5.74, 6) is -0.209. The van der Waals surface area contributed by atoms with Gasteiger partial charge >= 0.3 is 5.97 Å². The van der Waals surface area contributed by atoms with Crippen molar-refractivity contribution in [2.45, 2.75) is 32.2 Å². The predicted molar refractivity (Wildman–Crippen MR) is 74.1 cm³/mol. The van der Waals surface area contributed by atoms with E-state index in [1.165, 1.54) is 0 Å². The molecule has 0 radical (unpaired) electrons. The quantitative estimate of drug-likeness (QED) is 0.902. The summed E-state index contributed by atoms with van der Waals surface area (Å²) in [6.45, 7) is 2.85. The number of aliphatic carboxylic acids is 1. The summed E-state index contributed by atoms with van der Waals surface area (Å²) in [6.07, 6.45) is 6.74. The molecule has 1 aromatic heterocycles. The highest BCUT2D eigenvalue weighted by Crippen LogP contribution is 2.24. The summed E-state index contributed by atoms with van der Waals surface area (Å²) < 4.78 is 0. The molecule has 0 aliphatic carbocycles. The lowest BCUT2D eigenvalue weighted by Gasteiger charge is -2.32. The smallest absolute Gasteiger partial charge is 0.303 e. The first kappa shape index (κ1) is 14.3. The second-order valence-electron chi connectivity index (χ2n) is 5.14. The third kappa shape index (κ3) is 4.48. The number of pyridine rings is 1. The van der Waals surface area contributed by atoms with Crippen LogP contribution >= 0.6 is 11.6 Å². The lowest BCUT2D eigenvalue weighted by atomic mass is 9.93. The van der Waals surface area contributed by atoms with Crippen LogP contribution in [0.25, 0.3) is 0 Å². The second-order valence-corrected chi connectivity index (χ2v) is 5.55. The summed E-state index contributed by atoms with van der Waals surface area (Å²) in [4.78, 5) is 17.0. The van der Waals surface area contributed by atoms with Crippen LogP contribution in [-0.2, 0) is 11.3 Å². The number of nitrogens with zero attached hydrogens (tertiary/aromatic N) is 2. The van der Waals surface area contributed by atoms with Gasteiger partial charge in [-0.05, 0) is 43.4 Å². The number of carbonyl (C=O) groups is 1. The number of halogens is 1. The first-order valence-corrected chi connectivity index (χ1v) is 7.05. The Bertz CT molecular complexity index is 439. The summed E-state index contributed by atoms with van der Waals surface area (Å²) in [6, 6.07) is 1.95. The molecule has 0 saturated carbocycles. The minimum atomic E-state index is -0.700. The Kier molecular flexibility index (Phi) is 5.16. The Hall–Kier alpha value is -1.13. The van der Waals surface area contributed by atoms with Crippen LogP contribution in [0.1, 0.15) is 31.2 Å². The largest absolute Gasteiger partial charge is 0.481 e. The number of likely N-dealkylation sites (tertiary alicyclic amines) is 1. The van der Waals surface area contributed by atoms with Crippen molar-refractivity contribution in [1.29, 1.82) is 0 Å². The van der Waals surface area contributed by atoms with E-state index in [1.807, 2.05) is 6.07 Å². The van der Waals surface area contributed by atoms with Crippen LogP contribution in [0.5, 0.6) is 0 Å². The summed E-state index contributed by atoms with van der Waals surface area (Å²) in [5.41, 5.74) is 1.09. The Morgan fingerprint density at radius 3 is 3.16 bits per heavy atom. The van der Waals surface area contributed by atoms with Crippen molar-refractivity contribution in [3.63, 3.8) is 0 Å². The van der Waals surface area contributed by atoms with E-state index in [0.717, 1.165) is 44.5 Å². The number of piperidine rings is 1. The van der Waals surface area contributed by atoms with Gasteiger partial charge in [0, 0.05) is 31.9 Å². The van der Waals surface area contributed by atoms with Gasteiger partial charge in [-0.15, -0.1) is 0 Å². The summed E-state index contributed by atoms with van der Waals surface area (Å²) in [7, 11) is 0.